The lowest BCUT2D eigenvalue weighted by Crippen LogP contribution is -2.41. The molecular weight excluding hydrogens is 531 g/mol. The molecule has 1 aliphatic heterocycles. The van der Waals surface area contributed by atoms with E-state index in [1.54, 1.807) is 32.0 Å². The van der Waals surface area contributed by atoms with Gasteiger partial charge in [-0.3, -0.25) is 10.1 Å². The Hall–Kier alpha value is -3.34. The molecule has 9 nitrogen and oxygen atoms in total. The predicted octanol–water partition coefficient (Wildman–Crippen LogP) is 5.63. The molecule has 1 aliphatic rings. The van der Waals surface area contributed by atoms with Crippen molar-refractivity contribution in [2.75, 3.05) is 17.2 Å². The molecular formula is C29H38BClN4O5. The third-order valence-electron chi connectivity index (χ3n) is 7.00. The van der Waals surface area contributed by atoms with Gasteiger partial charge in [0.2, 0.25) is 0 Å². The van der Waals surface area contributed by atoms with Crippen LogP contribution in [0.1, 0.15) is 54.0 Å². The average molecular weight is 569 g/mol. The molecule has 3 rings (SSSR count). The van der Waals surface area contributed by atoms with Gasteiger partial charge in [-0.2, -0.15) is 0 Å². The number of aryl methyl sites for hydroxylation is 1. The summed E-state index contributed by atoms with van der Waals surface area (Å²) in [4.78, 5) is 24.3. The molecule has 0 saturated carbocycles. The zero-order valence-electron chi connectivity index (χ0n) is 24.3. The molecule has 2 amide bonds. The van der Waals surface area contributed by atoms with E-state index in [0.29, 0.717) is 16.4 Å². The Morgan fingerprint density at radius 2 is 1.65 bits per heavy atom. The quantitative estimate of drug-likeness (QED) is 0.177. The van der Waals surface area contributed by atoms with Gasteiger partial charge in [-0.25, -0.2) is 4.79 Å². The number of hydrogen-bond acceptors (Lipinski definition) is 7. The molecule has 0 spiro atoms. The minimum atomic E-state index is -0.795. The standard InChI is InChI=1S/C29H38BClN4O5/c1-18-9-12-21(13-10-18)33-25(16-24(32)27(3,4)17-38-19(2)36)35-26(37)34-23-14-11-20(15-22(23)31)30-39-28(5,6)29(7,8)40-30/h9-16,32-33H,17H2,1-8H3,(H2,34,35,37)/b25-16+,32-24?. The topological polar surface area (TPSA) is 122 Å². The number of carbonyl (C=O) groups excluding carboxylic acids is 2. The molecule has 0 aliphatic carbocycles. The molecule has 40 heavy (non-hydrogen) atoms. The van der Waals surface area contributed by atoms with Gasteiger partial charge in [0.25, 0.3) is 0 Å². The van der Waals surface area contributed by atoms with E-state index < -0.39 is 35.7 Å². The summed E-state index contributed by atoms with van der Waals surface area (Å²) in [5.74, 6) is -0.172. The predicted molar refractivity (Wildman–Crippen MR) is 160 cm³/mol. The monoisotopic (exact) mass is 568 g/mol. The van der Waals surface area contributed by atoms with Gasteiger partial charge in [0.15, 0.2) is 0 Å². The second kappa shape index (κ2) is 12.0. The first-order valence-electron chi connectivity index (χ1n) is 13.0. The van der Waals surface area contributed by atoms with Gasteiger partial charge in [-0.05, 0) is 64.3 Å². The molecule has 2 aromatic carbocycles. The largest absolute Gasteiger partial charge is 0.494 e. The lowest BCUT2D eigenvalue weighted by atomic mass is 9.79. The summed E-state index contributed by atoms with van der Waals surface area (Å²) < 4.78 is 17.3. The Morgan fingerprint density at radius 3 is 2.20 bits per heavy atom. The van der Waals surface area contributed by atoms with Gasteiger partial charge < -0.3 is 30.1 Å². The zero-order valence-corrected chi connectivity index (χ0v) is 25.1. The van der Waals surface area contributed by atoms with Crippen molar-refractivity contribution in [3.05, 3.63) is 64.9 Å². The number of carbonyl (C=O) groups is 2. The summed E-state index contributed by atoms with van der Waals surface area (Å²) in [6.07, 6.45) is 1.49. The molecule has 4 N–H and O–H groups in total. The minimum Gasteiger partial charge on any atom is -0.465 e. The fraction of sp³-hybridized carbons (Fsp3) is 0.414. The molecule has 0 aromatic heterocycles. The molecule has 1 saturated heterocycles. The molecule has 1 heterocycles. The summed E-state index contributed by atoms with van der Waals surface area (Å²) in [6, 6.07) is 12.2. The summed E-state index contributed by atoms with van der Waals surface area (Å²) >= 11 is 6.52. The highest BCUT2D eigenvalue weighted by molar-refractivity contribution is 6.62. The van der Waals surface area contributed by atoms with Gasteiger partial charge in [0.1, 0.15) is 12.4 Å². The van der Waals surface area contributed by atoms with Crippen LogP contribution >= 0.6 is 11.6 Å². The maximum atomic E-state index is 13.0. The Kier molecular flexibility index (Phi) is 9.39. The number of allylic oxidation sites excluding steroid dienone is 1. The Labute approximate surface area is 241 Å². The number of anilines is 2. The van der Waals surface area contributed by atoms with Crippen molar-refractivity contribution in [3.63, 3.8) is 0 Å². The number of ether oxygens (including phenoxy) is 1. The average Bonchev–Trinajstić information content (AvgIpc) is 3.07. The number of esters is 1. The molecule has 0 radical (unpaired) electrons. The highest BCUT2D eigenvalue weighted by Gasteiger charge is 2.51. The van der Waals surface area contributed by atoms with Crippen LogP contribution in [0.25, 0.3) is 0 Å². The second-order valence-corrected chi connectivity index (χ2v) is 11.9. The van der Waals surface area contributed by atoms with Gasteiger partial charge in [-0.1, -0.05) is 49.2 Å². The van der Waals surface area contributed by atoms with Crippen molar-refractivity contribution < 1.29 is 23.6 Å². The van der Waals surface area contributed by atoms with Crippen LogP contribution in [-0.2, 0) is 18.8 Å². The van der Waals surface area contributed by atoms with E-state index in [1.165, 1.54) is 13.0 Å². The number of nitrogens with one attached hydrogen (secondary N) is 4. The second-order valence-electron chi connectivity index (χ2n) is 11.5. The fourth-order valence-electron chi connectivity index (χ4n) is 3.63. The third kappa shape index (κ3) is 7.87. The highest BCUT2D eigenvalue weighted by atomic mass is 35.5. The SMILES string of the molecule is CC(=O)OCC(C)(C)C(=N)/C=C(/NC(=O)Nc1ccc(B2OC(C)(C)C(C)(C)O2)cc1Cl)Nc1ccc(C)cc1. The molecule has 11 heteroatoms. The number of rotatable bonds is 9. The first-order valence-corrected chi connectivity index (χ1v) is 13.4. The van der Waals surface area contributed by atoms with Crippen LogP contribution in [0.4, 0.5) is 16.2 Å². The minimum absolute atomic E-state index is 0.0203. The van der Waals surface area contributed by atoms with E-state index in [0.717, 1.165) is 11.0 Å². The summed E-state index contributed by atoms with van der Waals surface area (Å²) in [5, 5.41) is 17.6. The van der Waals surface area contributed by atoms with Crippen molar-refractivity contribution in [1.82, 2.24) is 5.32 Å². The van der Waals surface area contributed by atoms with Gasteiger partial charge in [0, 0.05) is 29.8 Å². The van der Waals surface area contributed by atoms with Crippen molar-refractivity contribution in [1.29, 1.82) is 5.41 Å². The first-order chi connectivity index (χ1) is 18.5. The number of urea groups is 1. The Morgan fingerprint density at radius 1 is 1.05 bits per heavy atom. The van der Waals surface area contributed by atoms with E-state index in [2.05, 4.69) is 16.0 Å². The van der Waals surface area contributed by atoms with Crippen LogP contribution in [0.15, 0.2) is 54.4 Å². The van der Waals surface area contributed by atoms with Crippen LogP contribution in [-0.4, -0.2) is 42.6 Å². The highest BCUT2D eigenvalue weighted by Crippen LogP contribution is 2.37. The van der Waals surface area contributed by atoms with Crippen LogP contribution in [0.2, 0.25) is 5.02 Å². The first kappa shape index (κ1) is 31.2. The maximum Gasteiger partial charge on any atom is 0.494 e. The Bertz CT molecular complexity index is 1290. The van der Waals surface area contributed by atoms with Crippen LogP contribution in [0.5, 0.6) is 0 Å². The summed E-state index contributed by atoms with van der Waals surface area (Å²) in [5.41, 5.74) is 1.29. The van der Waals surface area contributed by atoms with Gasteiger partial charge >= 0.3 is 19.1 Å². The molecule has 0 atom stereocenters. The van der Waals surface area contributed by atoms with Crippen LogP contribution < -0.4 is 21.4 Å². The molecule has 0 unspecified atom stereocenters. The number of halogens is 1. The van der Waals surface area contributed by atoms with Crippen LogP contribution in [0.3, 0.4) is 0 Å². The summed E-state index contributed by atoms with van der Waals surface area (Å²) in [7, 11) is -0.583. The van der Waals surface area contributed by atoms with Gasteiger partial charge in [-0.15, -0.1) is 0 Å². The van der Waals surface area contributed by atoms with Crippen LogP contribution in [0, 0.1) is 17.7 Å². The Balaban J connectivity index is 1.77. The van der Waals surface area contributed by atoms with E-state index in [9.17, 15) is 9.59 Å². The molecule has 2 aromatic rings. The number of benzene rings is 2. The van der Waals surface area contributed by atoms with E-state index >= 15 is 0 Å². The third-order valence-corrected chi connectivity index (χ3v) is 7.31. The van der Waals surface area contributed by atoms with E-state index in [-0.39, 0.29) is 18.1 Å². The molecule has 214 valence electrons. The molecule has 0 bridgehead atoms. The smallest absolute Gasteiger partial charge is 0.465 e. The van der Waals surface area contributed by atoms with Crippen molar-refractivity contribution in [2.24, 2.45) is 5.41 Å². The lowest BCUT2D eigenvalue weighted by molar-refractivity contribution is -0.142. The van der Waals surface area contributed by atoms with Crippen molar-refractivity contribution in [2.45, 2.75) is 66.6 Å². The van der Waals surface area contributed by atoms with Crippen molar-refractivity contribution >= 4 is 53.3 Å². The maximum absolute atomic E-state index is 13.0. The normalized spacial score (nSPS) is 16.3. The number of hydrogen-bond donors (Lipinski definition) is 4. The lowest BCUT2D eigenvalue weighted by Gasteiger charge is -2.32. The molecule has 1 fully saturated rings. The van der Waals surface area contributed by atoms with Gasteiger partial charge in [0.05, 0.1) is 21.9 Å². The van der Waals surface area contributed by atoms with E-state index in [1.807, 2.05) is 58.9 Å². The number of amides is 2. The summed E-state index contributed by atoms with van der Waals surface area (Å²) in [6.45, 7) is 14.8. The van der Waals surface area contributed by atoms with Crippen molar-refractivity contribution in [3.8, 4) is 0 Å². The fourth-order valence-corrected chi connectivity index (χ4v) is 3.87. The zero-order chi connectivity index (χ0) is 29.9. The van der Waals surface area contributed by atoms with E-state index in [4.69, 9.17) is 31.1 Å².